The quantitative estimate of drug-likeness (QED) is 0.530. The third kappa shape index (κ3) is 2.34. The largest absolute Gasteiger partial charge is 0.390 e. The highest BCUT2D eigenvalue weighted by Crippen LogP contribution is 2.45. The number of fused-ring (bicyclic) bond motifs is 2. The molecule has 2 heterocycles. The number of aromatic amines is 1. The lowest BCUT2D eigenvalue weighted by Crippen LogP contribution is -2.50. The van der Waals surface area contributed by atoms with Gasteiger partial charge in [-0.2, -0.15) is 0 Å². The maximum absolute atomic E-state index is 15.5. The maximum Gasteiger partial charge on any atom is 0.139 e. The molecule has 0 saturated heterocycles. The third-order valence-electron chi connectivity index (χ3n) is 5.32. The van der Waals surface area contributed by atoms with Crippen LogP contribution in [0.4, 0.5) is 14.5 Å². The van der Waals surface area contributed by atoms with Crippen LogP contribution in [0.2, 0.25) is 5.02 Å². The molecule has 6 heteroatoms. The van der Waals surface area contributed by atoms with E-state index < -0.39 is 29.2 Å². The zero-order valence-corrected chi connectivity index (χ0v) is 15.4. The fourth-order valence-corrected chi connectivity index (χ4v) is 4.17. The number of aliphatic hydroxyl groups excluding tert-OH is 1. The Bertz CT molecular complexity index is 1030. The fraction of sp³-hybridized carbons (Fsp3) is 0.300. The Morgan fingerprint density at radius 3 is 2.69 bits per heavy atom. The number of nitrogens with one attached hydrogen (secondary N) is 2. The van der Waals surface area contributed by atoms with E-state index >= 15 is 4.39 Å². The molecule has 0 saturated carbocycles. The van der Waals surface area contributed by atoms with Crippen LogP contribution in [0.1, 0.15) is 32.3 Å². The zero-order chi connectivity index (χ0) is 18.8. The molecule has 0 aliphatic carbocycles. The summed E-state index contributed by atoms with van der Waals surface area (Å²) in [6.45, 7) is 5.37. The van der Waals surface area contributed by atoms with Gasteiger partial charge in [0.25, 0.3) is 0 Å². The molecule has 1 unspecified atom stereocenters. The molecule has 0 spiro atoms. The van der Waals surface area contributed by atoms with Crippen molar-refractivity contribution < 1.29 is 13.9 Å². The lowest BCUT2D eigenvalue weighted by Gasteiger charge is -2.42. The molecule has 3 nitrogen and oxygen atoms in total. The molecule has 26 heavy (non-hydrogen) atoms. The number of hydrogen-bond acceptors (Lipinski definition) is 2. The molecule has 0 bridgehead atoms. The molecule has 4 rings (SSSR count). The van der Waals surface area contributed by atoms with Gasteiger partial charge in [0.2, 0.25) is 0 Å². The normalized spacial score (nSPS) is 21.5. The van der Waals surface area contributed by atoms with Gasteiger partial charge in [0.15, 0.2) is 0 Å². The van der Waals surface area contributed by atoms with Gasteiger partial charge in [0.05, 0.1) is 27.7 Å². The van der Waals surface area contributed by atoms with Gasteiger partial charge in [0, 0.05) is 34.3 Å². The number of halogens is 3. The minimum absolute atomic E-state index is 0.117. The van der Waals surface area contributed by atoms with E-state index in [1.54, 1.807) is 31.3 Å². The van der Waals surface area contributed by atoms with Crippen molar-refractivity contribution in [1.82, 2.24) is 4.98 Å². The summed E-state index contributed by atoms with van der Waals surface area (Å²) in [6, 6.07) is 6.48. The van der Waals surface area contributed by atoms with Crippen LogP contribution in [0, 0.1) is 11.6 Å². The van der Waals surface area contributed by atoms with E-state index in [0.29, 0.717) is 32.7 Å². The minimum atomic E-state index is -0.807. The Hall–Kier alpha value is -2.11. The number of para-hydroxylation sites is 1. The van der Waals surface area contributed by atoms with Gasteiger partial charge >= 0.3 is 0 Å². The molecule has 0 fully saturated rings. The van der Waals surface area contributed by atoms with Crippen LogP contribution in [0.25, 0.3) is 22.0 Å². The monoisotopic (exact) mass is 376 g/mol. The van der Waals surface area contributed by atoms with Crippen molar-refractivity contribution in [2.75, 3.05) is 5.32 Å². The molecule has 0 amide bonds. The van der Waals surface area contributed by atoms with E-state index in [0.717, 1.165) is 0 Å². The standard InChI is InChI=1S/C20H19ClF2N2O/c1-9-15-14(25-20(2,3)19(9)26)7-13(22)16(17(15)23)11-6-4-5-10-12(21)8-24-18(10)11/h4-9,19,24-26H,1-3H3/t9-,19?/m0/s1. The van der Waals surface area contributed by atoms with Gasteiger partial charge < -0.3 is 15.4 Å². The van der Waals surface area contributed by atoms with Crippen molar-refractivity contribution in [1.29, 1.82) is 0 Å². The van der Waals surface area contributed by atoms with Crippen LogP contribution in [-0.4, -0.2) is 21.7 Å². The maximum atomic E-state index is 15.5. The van der Waals surface area contributed by atoms with E-state index in [1.165, 1.54) is 6.07 Å². The van der Waals surface area contributed by atoms with Crippen LogP contribution >= 0.6 is 11.6 Å². The molecular formula is C20H19ClF2N2O. The number of rotatable bonds is 1. The van der Waals surface area contributed by atoms with Crippen LogP contribution in [-0.2, 0) is 0 Å². The summed E-state index contributed by atoms with van der Waals surface area (Å²) in [4.78, 5) is 2.99. The molecule has 3 N–H and O–H groups in total. The second-order valence-electron chi connectivity index (χ2n) is 7.45. The molecule has 2 aromatic carbocycles. The van der Waals surface area contributed by atoms with E-state index in [-0.39, 0.29) is 5.56 Å². The predicted molar refractivity (Wildman–Crippen MR) is 101 cm³/mol. The average Bonchev–Trinajstić information content (AvgIpc) is 2.94. The number of aliphatic hydroxyl groups is 1. The first kappa shape index (κ1) is 17.3. The highest BCUT2D eigenvalue weighted by atomic mass is 35.5. The number of H-pyrrole nitrogens is 1. The van der Waals surface area contributed by atoms with Crippen molar-refractivity contribution in [2.45, 2.75) is 38.3 Å². The molecule has 1 aliphatic heterocycles. The summed E-state index contributed by atoms with van der Waals surface area (Å²) in [7, 11) is 0. The summed E-state index contributed by atoms with van der Waals surface area (Å²) in [6.07, 6.45) is 0.791. The lowest BCUT2D eigenvalue weighted by molar-refractivity contribution is 0.0854. The van der Waals surface area contributed by atoms with Crippen LogP contribution in [0.15, 0.2) is 30.5 Å². The molecule has 3 aromatic rings. The van der Waals surface area contributed by atoms with Gasteiger partial charge in [-0.05, 0) is 19.9 Å². The smallest absolute Gasteiger partial charge is 0.139 e. The first-order valence-corrected chi connectivity index (χ1v) is 8.84. The van der Waals surface area contributed by atoms with E-state index in [9.17, 15) is 9.50 Å². The second-order valence-corrected chi connectivity index (χ2v) is 7.86. The lowest BCUT2D eigenvalue weighted by atomic mass is 9.78. The summed E-state index contributed by atoms with van der Waals surface area (Å²) in [5, 5.41) is 14.8. The highest BCUT2D eigenvalue weighted by molar-refractivity contribution is 6.36. The van der Waals surface area contributed by atoms with Crippen molar-refractivity contribution in [3.63, 3.8) is 0 Å². The first-order valence-electron chi connectivity index (χ1n) is 8.46. The number of benzene rings is 2. The number of hydrogen-bond donors (Lipinski definition) is 3. The van der Waals surface area contributed by atoms with Gasteiger partial charge in [-0.3, -0.25) is 0 Å². The molecule has 1 aliphatic rings. The summed E-state index contributed by atoms with van der Waals surface area (Å²) < 4.78 is 30.4. The van der Waals surface area contributed by atoms with Crippen molar-refractivity contribution in [3.05, 3.63) is 52.7 Å². The van der Waals surface area contributed by atoms with Gasteiger partial charge in [-0.25, -0.2) is 8.78 Å². The van der Waals surface area contributed by atoms with E-state index in [2.05, 4.69) is 10.3 Å². The molecule has 2 atom stereocenters. The summed E-state index contributed by atoms with van der Waals surface area (Å²) in [5.41, 5.74) is 0.852. The Labute approximate surface area is 155 Å². The topological polar surface area (TPSA) is 48.0 Å². The van der Waals surface area contributed by atoms with E-state index in [1.807, 2.05) is 13.8 Å². The van der Waals surface area contributed by atoms with Crippen molar-refractivity contribution in [3.8, 4) is 11.1 Å². The second kappa shape index (κ2) is 5.69. The molecule has 0 radical (unpaired) electrons. The Balaban J connectivity index is 2.00. The Morgan fingerprint density at radius 2 is 1.96 bits per heavy atom. The highest BCUT2D eigenvalue weighted by Gasteiger charge is 2.41. The predicted octanol–water partition coefficient (Wildman–Crippen LogP) is 5.44. The Kier molecular flexibility index (Phi) is 3.79. The number of anilines is 1. The van der Waals surface area contributed by atoms with Gasteiger partial charge in [-0.1, -0.05) is 36.7 Å². The van der Waals surface area contributed by atoms with Gasteiger partial charge in [-0.15, -0.1) is 0 Å². The minimum Gasteiger partial charge on any atom is -0.390 e. The molecule has 1 aromatic heterocycles. The third-order valence-corrected chi connectivity index (χ3v) is 5.63. The fourth-order valence-electron chi connectivity index (χ4n) is 3.96. The summed E-state index contributed by atoms with van der Waals surface area (Å²) >= 11 is 6.14. The average molecular weight is 377 g/mol. The first-order chi connectivity index (χ1) is 12.2. The van der Waals surface area contributed by atoms with Crippen molar-refractivity contribution in [2.24, 2.45) is 0 Å². The van der Waals surface area contributed by atoms with E-state index in [4.69, 9.17) is 11.6 Å². The van der Waals surface area contributed by atoms with Crippen LogP contribution < -0.4 is 5.32 Å². The summed E-state index contributed by atoms with van der Waals surface area (Å²) in [5.74, 6) is -1.80. The zero-order valence-electron chi connectivity index (χ0n) is 14.6. The van der Waals surface area contributed by atoms with Crippen molar-refractivity contribution >= 4 is 28.2 Å². The van der Waals surface area contributed by atoms with Crippen LogP contribution in [0.5, 0.6) is 0 Å². The SMILES string of the molecule is C[C@H]1c2c(cc(F)c(-c3cccc4c(Cl)c[nH]c34)c2F)NC(C)(C)C1O. The van der Waals surface area contributed by atoms with Crippen LogP contribution in [0.3, 0.4) is 0 Å². The Morgan fingerprint density at radius 1 is 1.23 bits per heavy atom. The van der Waals surface area contributed by atoms with Gasteiger partial charge in [0.1, 0.15) is 11.6 Å². The molecule has 136 valence electrons. The molecular weight excluding hydrogens is 358 g/mol. The number of aromatic nitrogens is 1.